The number of rotatable bonds is 8. The number of hydrogen-bond donors (Lipinski definition) is 1. The summed E-state index contributed by atoms with van der Waals surface area (Å²) in [6, 6.07) is 13.7. The molecule has 0 aliphatic carbocycles. The van der Waals surface area contributed by atoms with Crippen LogP contribution in [0.1, 0.15) is 54.4 Å². The molecular formula is C26H33FN4O2. The molecule has 1 amide bonds. The summed E-state index contributed by atoms with van der Waals surface area (Å²) in [5.74, 6) is 0.408. The first-order valence-electron chi connectivity index (χ1n) is 11.3. The zero-order valence-electron chi connectivity index (χ0n) is 20.2. The number of carbonyl (C=O) groups is 1. The van der Waals surface area contributed by atoms with Crippen LogP contribution in [0.3, 0.4) is 0 Å². The van der Waals surface area contributed by atoms with E-state index in [9.17, 15) is 9.18 Å². The highest BCUT2D eigenvalue weighted by molar-refractivity contribution is 5.90. The van der Waals surface area contributed by atoms with E-state index in [1.54, 1.807) is 16.8 Å². The van der Waals surface area contributed by atoms with Crippen LogP contribution in [0.5, 0.6) is 6.01 Å². The molecule has 0 saturated heterocycles. The minimum atomic E-state index is -0.355. The van der Waals surface area contributed by atoms with Crippen LogP contribution in [0, 0.1) is 17.2 Å². The van der Waals surface area contributed by atoms with Gasteiger partial charge in [-0.15, -0.1) is 5.10 Å². The SMILES string of the molecule is CC(CC(=O)Nc1ccc(-n2nc(OC(C)C)nc2-c2cccc(F)c2)cc1)CC(C)(C)C. The first-order chi connectivity index (χ1) is 15.5. The minimum Gasteiger partial charge on any atom is -0.460 e. The normalized spacial score (nSPS) is 12.6. The number of hydrogen-bond acceptors (Lipinski definition) is 4. The lowest BCUT2D eigenvalue weighted by Crippen LogP contribution is -2.18. The lowest BCUT2D eigenvalue weighted by molar-refractivity contribution is -0.117. The first-order valence-corrected chi connectivity index (χ1v) is 11.3. The number of anilines is 1. The molecule has 0 aliphatic heterocycles. The summed E-state index contributed by atoms with van der Waals surface area (Å²) in [4.78, 5) is 16.9. The summed E-state index contributed by atoms with van der Waals surface area (Å²) >= 11 is 0. The van der Waals surface area contributed by atoms with E-state index in [0.29, 0.717) is 29.4 Å². The van der Waals surface area contributed by atoms with E-state index in [1.807, 2.05) is 38.1 Å². The molecular weight excluding hydrogens is 419 g/mol. The van der Waals surface area contributed by atoms with Gasteiger partial charge < -0.3 is 10.1 Å². The molecule has 1 N–H and O–H groups in total. The molecule has 0 aliphatic rings. The number of carbonyl (C=O) groups excluding carboxylic acids is 1. The molecule has 33 heavy (non-hydrogen) atoms. The van der Waals surface area contributed by atoms with Gasteiger partial charge in [-0.25, -0.2) is 9.07 Å². The fourth-order valence-corrected chi connectivity index (χ4v) is 3.88. The third-order valence-electron chi connectivity index (χ3n) is 4.90. The Balaban J connectivity index is 1.80. The third kappa shape index (κ3) is 7.14. The number of benzene rings is 2. The molecule has 1 aromatic heterocycles. The van der Waals surface area contributed by atoms with Crippen molar-refractivity contribution in [2.75, 3.05) is 5.32 Å². The van der Waals surface area contributed by atoms with E-state index >= 15 is 0 Å². The summed E-state index contributed by atoms with van der Waals surface area (Å²) < 4.78 is 21.1. The molecule has 176 valence electrons. The Morgan fingerprint density at radius 2 is 1.82 bits per heavy atom. The summed E-state index contributed by atoms with van der Waals surface area (Å²) in [6.07, 6.45) is 1.36. The average molecular weight is 453 g/mol. The van der Waals surface area contributed by atoms with Crippen LogP contribution in [0.25, 0.3) is 17.1 Å². The van der Waals surface area contributed by atoms with Crippen molar-refractivity contribution in [2.45, 2.75) is 60.5 Å². The van der Waals surface area contributed by atoms with Crippen molar-refractivity contribution < 1.29 is 13.9 Å². The van der Waals surface area contributed by atoms with Gasteiger partial charge in [0.15, 0.2) is 5.82 Å². The number of nitrogens with zero attached hydrogens (tertiary/aromatic N) is 3. The van der Waals surface area contributed by atoms with Gasteiger partial charge in [-0.3, -0.25) is 4.79 Å². The van der Waals surface area contributed by atoms with Crippen molar-refractivity contribution >= 4 is 11.6 Å². The van der Waals surface area contributed by atoms with Crippen LogP contribution in [-0.2, 0) is 4.79 Å². The Bertz CT molecular complexity index is 1080. The Labute approximate surface area is 195 Å². The van der Waals surface area contributed by atoms with Crippen molar-refractivity contribution in [2.24, 2.45) is 11.3 Å². The lowest BCUT2D eigenvalue weighted by Gasteiger charge is -2.22. The maximum absolute atomic E-state index is 13.8. The highest BCUT2D eigenvalue weighted by Gasteiger charge is 2.19. The summed E-state index contributed by atoms with van der Waals surface area (Å²) in [7, 11) is 0. The van der Waals surface area contributed by atoms with E-state index in [0.717, 1.165) is 12.1 Å². The molecule has 0 radical (unpaired) electrons. The molecule has 0 fully saturated rings. The van der Waals surface area contributed by atoms with Gasteiger partial charge in [-0.05, 0) is 68.0 Å². The molecule has 6 nitrogen and oxygen atoms in total. The summed E-state index contributed by atoms with van der Waals surface area (Å²) in [5.41, 5.74) is 2.21. The maximum Gasteiger partial charge on any atom is 0.336 e. The molecule has 0 saturated carbocycles. The lowest BCUT2D eigenvalue weighted by atomic mass is 9.84. The van der Waals surface area contributed by atoms with Gasteiger partial charge in [0.2, 0.25) is 5.91 Å². The van der Waals surface area contributed by atoms with Crippen LogP contribution in [-0.4, -0.2) is 26.8 Å². The number of amides is 1. The largest absolute Gasteiger partial charge is 0.460 e. The quantitative estimate of drug-likeness (QED) is 0.438. The molecule has 0 bridgehead atoms. The number of halogens is 1. The molecule has 3 aromatic rings. The van der Waals surface area contributed by atoms with Crippen molar-refractivity contribution in [3.63, 3.8) is 0 Å². The van der Waals surface area contributed by atoms with Crippen LogP contribution < -0.4 is 10.1 Å². The fourth-order valence-electron chi connectivity index (χ4n) is 3.88. The molecule has 1 atom stereocenters. The maximum atomic E-state index is 13.8. The zero-order chi connectivity index (χ0) is 24.2. The zero-order valence-corrected chi connectivity index (χ0v) is 20.2. The van der Waals surface area contributed by atoms with Gasteiger partial charge in [-0.1, -0.05) is 39.8 Å². The summed E-state index contributed by atoms with van der Waals surface area (Å²) in [6.45, 7) is 12.4. The predicted octanol–water partition coefficient (Wildman–Crippen LogP) is 6.26. The van der Waals surface area contributed by atoms with E-state index in [4.69, 9.17) is 4.74 Å². The van der Waals surface area contributed by atoms with E-state index in [-0.39, 0.29) is 29.3 Å². The predicted molar refractivity (Wildman–Crippen MR) is 129 cm³/mol. The van der Waals surface area contributed by atoms with Gasteiger partial charge in [0.25, 0.3) is 0 Å². The highest BCUT2D eigenvalue weighted by Crippen LogP contribution is 2.27. The van der Waals surface area contributed by atoms with Crippen LogP contribution in [0.2, 0.25) is 0 Å². The third-order valence-corrected chi connectivity index (χ3v) is 4.90. The molecule has 0 spiro atoms. The number of ether oxygens (including phenoxy) is 1. The van der Waals surface area contributed by atoms with Crippen molar-refractivity contribution in [1.29, 1.82) is 0 Å². The minimum absolute atomic E-state index is 0.00618. The van der Waals surface area contributed by atoms with E-state index in [1.165, 1.54) is 12.1 Å². The second-order valence-electron chi connectivity index (χ2n) is 9.98. The van der Waals surface area contributed by atoms with E-state index in [2.05, 4.69) is 43.1 Å². The molecule has 3 rings (SSSR count). The standard InChI is InChI=1S/C26H33FN4O2/c1-17(2)33-25-29-24(19-8-7-9-20(27)15-19)31(30-25)22-12-10-21(11-13-22)28-23(32)14-18(3)16-26(4,5)6/h7-13,15,17-18H,14,16H2,1-6H3,(H,28,32). The Morgan fingerprint density at radius 1 is 1.12 bits per heavy atom. The average Bonchev–Trinajstić information content (AvgIpc) is 3.10. The van der Waals surface area contributed by atoms with Crippen molar-refractivity contribution in [3.8, 4) is 23.1 Å². The van der Waals surface area contributed by atoms with Crippen molar-refractivity contribution in [3.05, 3.63) is 54.3 Å². The second-order valence-corrected chi connectivity index (χ2v) is 9.98. The number of nitrogens with one attached hydrogen (secondary N) is 1. The smallest absolute Gasteiger partial charge is 0.336 e. The molecule has 7 heteroatoms. The molecule has 1 unspecified atom stereocenters. The van der Waals surface area contributed by atoms with Crippen molar-refractivity contribution in [1.82, 2.24) is 14.8 Å². The van der Waals surface area contributed by atoms with Gasteiger partial charge in [0.05, 0.1) is 11.8 Å². The monoisotopic (exact) mass is 452 g/mol. The Kier molecular flexibility index (Phi) is 7.51. The summed E-state index contributed by atoms with van der Waals surface area (Å²) in [5, 5.41) is 7.43. The Hall–Kier alpha value is -3.22. The molecule has 2 aromatic carbocycles. The van der Waals surface area contributed by atoms with Crippen LogP contribution in [0.15, 0.2) is 48.5 Å². The first kappa shape index (κ1) is 24.4. The Morgan fingerprint density at radius 3 is 2.42 bits per heavy atom. The second kappa shape index (κ2) is 10.1. The van der Waals surface area contributed by atoms with E-state index < -0.39 is 0 Å². The van der Waals surface area contributed by atoms with Gasteiger partial charge in [0.1, 0.15) is 5.82 Å². The number of aromatic nitrogens is 3. The highest BCUT2D eigenvalue weighted by atomic mass is 19.1. The van der Waals surface area contributed by atoms with Crippen LogP contribution in [0.4, 0.5) is 10.1 Å². The molecule has 1 heterocycles. The van der Waals surface area contributed by atoms with Gasteiger partial charge in [0, 0.05) is 17.7 Å². The van der Waals surface area contributed by atoms with Gasteiger partial charge >= 0.3 is 6.01 Å². The topological polar surface area (TPSA) is 69.0 Å². The van der Waals surface area contributed by atoms with Gasteiger partial charge in [-0.2, -0.15) is 4.98 Å². The fraction of sp³-hybridized carbons (Fsp3) is 0.423. The van der Waals surface area contributed by atoms with Crippen LogP contribution >= 0.6 is 0 Å².